The summed E-state index contributed by atoms with van der Waals surface area (Å²) in [6.07, 6.45) is 2.09. The Morgan fingerprint density at radius 2 is 1.71 bits per heavy atom. The van der Waals surface area contributed by atoms with Gasteiger partial charge in [-0.25, -0.2) is 0 Å². The number of hydrogen-bond donors (Lipinski definition) is 1. The van der Waals surface area contributed by atoms with Crippen molar-refractivity contribution < 1.29 is 0 Å². The fourth-order valence-electron chi connectivity index (χ4n) is 2.81. The van der Waals surface area contributed by atoms with Crippen LogP contribution in [0.4, 0.5) is 0 Å². The molecule has 2 rings (SSSR count). The van der Waals surface area contributed by atoms with Crippen molar-refractivity contribution in [3.63, 3.8) is 0 Å². The molecule has 0 aliphatic carbocycles. The highest BCUT2D eigenvalue weighted by molar-refractivity contribution is 6.31. The fraction of sp³-hybridized carbons (Fsp3) is 0.368. The molecule has 1 nitrogen and oxygen atoms in total. The molecule has 0 saturated heterocycles. The van der Waals surface area contributed by atoms with Crippen LogP contribution in [0.25, 0.3) is 0 Å². The molecule has 0 spiro atoms. The zero-order chi connectivity index (χ0) is 15.2. The van der Waals surface area contributed by atoms with Gasteiger partial charge in [0.1, 0.15) is 0 Å². The molecule has 2 aromatic carbocycles. The van der Waals surface area contributed by atoms with E-state index in [2.05, 4.69) is 49.5 Å². The van der Waals surface area contributed by atoms with Gasteiger partial charge in [-0.3, -0.25) is 0 Å². The molecule has 0 bridgehead atoms. The molecular formula is C19H24ClN. The van der Waals surface area contributed by atoms with E-state index in [9.17, 15) is 0 Å². The first-order chi connectivity index (χ1) is 10.1. The largest absolute Gasteiger partial charge is 0.319 e. The lowest BCUT2D eigenvalue weighted by Crippen LogP contribution is -2.23. The van der Waals surface area contributed by atoms with Crippen LogP contribution in [0.2, 0.25) is 5.02 Å². The summed E-state index contributed by atoms with van der Waals surface area (Å²) in [5.74, 6) is 0.551. The molecule has 2 heteroatoms. The van der Waals surface area contributed by atoms with Crippen LogP contribution in [0.3, 0.4) is 0 Å². The van der Waals surface area contributed by atoms with Gasteiger partial charge in [-0.05, 0) is 69.0 Å². The van der Waals surface area contributed by atoms with Crippen molar-refractivity contribution in [2.24, 2.45) is 5.92 Å². The van der Waals surface area contributed by atoms with Gasteiger partial charge < -0.3 is 5.32 Å². The predicted molar refractivity (Wildman–Crippen MR) is 92.2 cm³/mol. The van der Waals surface area contributed by atoms with Crippen molar-refractivity contribution in [3.8, 4) is 0 Å². The molecule has 1 N–H and O–H groups in total. The van der Waals surface area contributed by atoms with E-state index in [1.165, 1.54) is 22.3 Å². The van der Waals surface area contributed by atoms with E-state index in [-0.39, 0.29) is 0 Å². The van der Waals surface area contributed by atoms with Gasteiger partial charge in [-0.1, -0.05) is 53.6 Å². The summed E-state index contributed by atoms with van der Waals surface area (Å²) >= 11 is 6.31. The number of halogens is 1. The Kier molecular flexibility index (Phi) is 5.84. The van der Waals surface area contributed by atoms with Crippen LogP contribution >= 0.6 is 11.6 Å². The molecule has 0 aromatic heterocycles. The van der Waals surface area contributed by atoms with Gasteiger partial charge in [0.15, 0.2) is 0 Å². The van der Waals surface area contributed by atoms with Gasteiger partial charge in [0.25, 0.3) is 0 Å². The molecule has 0 amide bonds. The zero-order valence-electron chi connectivity index (χ0n) is 13.1. The second-order valence-electron chi connectivity index (χ2n) is 5.85. The second-order valence-corrected chi connectivity index (χ2v) is 6.26. The minimum Gasteiger partial charge on any atom is -0.319 e. The number of benzene rings is 2. The minimum atomic E-state index is 0.551. The Balaban J connectivity index is 2.16. The Hall–Kier alpha value is -1.31. The molecule has 0 fully saturated rings. The van der Waals surface area contributed by atoms with Crippen LogP contribution in [0, 0.1) is 19.8 Å². The molecule has 0 aliphatic heterocycles. The summed E-state index contributed by atoms with van der Waals surface area (Å²) in [5.41, 5.74) is 5.39. The average Bonchev–Trinajstić information content (AvgIpc) is 2.45. The first-order valence-electron chi connectivity index (χ1n) is 7.54. The molecular weight excluding hydrogens is 278 g/mol. The minimum absolute atomic E-state index is 0.551. The van der Waals surface area contributed by atoms with E-state index >= 15 is 0 Å². The zero-order valence-corrected chi connectivity index (χ0v) is 13.9. The average molecular weight is 302 g/mol. The maximum absolute atomic E-state index is 6.31. The highest BCUT2D eigenvalue weighted by atomic mass is 35.5. The molecule has 21 heavy (non-hydrogen) atoms. The predicted octanol–water partition coefficient (Wildman–Crippen LogP) is 4.58. The molecule has 1 atom stereocenters. The SMILES string of the molecule is CNCC(Cc1cc(C)ccc1C)Cc1ccccc1Cl. The van der Waals surface area contributed by atoms with E-state index in [4.69, 9.17) is 11.6 Å². The monoisotopic (exact) mass is 301 g/mol. The summed E-state index contributed by atoms with van der Waals surface area (Å²) in [6.45, 7) is 5.35. The molecule has 1 unspecified atom stereocenters. The molecule has 0 heterocycles. The van der Waals surface area contributed by atoms with E-state index < -0.39 is 0 Å². The third-order valence-electron chi connectivity index (χ3n) is 3.97. The third-order valence-corrected chi connectivity index (χ3v) is 4.34. The van der Waals surface area contributed by atoms with Crippen LogP contribution in [-0.4, -0.2) is 13.6 Å². The molecule has 0 radical (unpaired) electrons. The normalized spacial score (nSPS) is 12.4. The maximum atomic E-state index is 6.31. The van der Waals surface area contributed by atoms with Gasteiger partial charge in [-0.2, -0.15) is 0 Å². The van der Waals surface area contributed by atoms with Crippen LogP contribution in [0.1, 0.15) is 22.3 Å². The molecule has 112 valence electrons. The van der Waals surface area contributed by atoms with Gasteiger partial charge in [0.05, 0.1) is 0 Å². The topological polar surface area (TPSA) is 12.0 Å². The van der Waals surface area contributed by atoms with Crippen molar-refractivity contribution in [1.29, 1.82) is 0 Å². The number of aryl methyl sites for hydroxylation is 2. The Bertz CT molecular complexity index is 592. The van der Waals surface area contributed by atoms with Crippen LogP contribution in [0.15, 0.2) is 42.5 Å². The Morgan fingerprint density at radius 3 is 2.43 bits per heavy atom. The summed E-state index contributed by atoms with van der Waals surface area (Å²) in [7, 11) is 2.02. The first kappa shape index (κ1) is 16.1. The lowest BCUT2D eigenvalue weighted by atomic mass is 9.90. The summed E-state index contributed by atoms with van der Waals surface area (Å²) < 4.78 is 0. The van der Waals surface area contributed by atoms with Crippen molar-refractivity contribution >= 4 is 11.6 Å². The number of rotatable bonds is 6. The smallest absolute Gasteiger partial charge is 0.0438 e. The van der Waals surface area contributed by atoms with E-state index in [0.29, 0.717) is 5.92 Å². The van der Waals surface area contributed by atoms with Gasteiger partial charge >= 0.3 is 0 Å². The number of nitrogens with one attached hydrogen (secondary N) is 1. The molecule has 0 aliphatic rings. The highest BCUT2D eigenvalue weighted by Crippen LogP contribution is 2.22. The van der Waals surface area contributed by atoms with Crippen LogP contribution in [-0.2, 0) is 12.8 Å². The van der Waals surface area contributed by atoms with E-state index in [0.717, 1.165) is 24.4 Å². The number of hydrogen-bond acceptors (Lipinski definition) is 1. The van der Waals surface area contributed by atoms with Gasteiger partial charge in [0, 0.05) is 5.02 Å². The molecule has 2 aromatic rings. The van der Waals surface area contributed by atoms with Crippen LogP contribution < -0.4 is 5.32 Å². The summed E-state index contributed by atoms with van der Waals surface area (Å²) in [4.78, 5) is 0. The second kappa shape index (κ2) is 7.63. The Labute approximate surface area is 133 Å². The lowest BCUT2D eigenvalue weighted by molar-refractivity contribution is 0.492. The summed E-state index contributed by atoms with van der Waals surface area (Å²) in [6, 6.07) is 14.9. The van der Waals surface area contributed by atoms with E-state index in [1.54, 1.807) is 0 Å². The van der Waals surface area contributed by atoms with Crippen LogP contribution in [0.5, 0.6) is 0 Å². The first-order valence-corrected chi connectivity index (χ1v) is 7.92. The van der Waals surface area contributed by atoms with Gasteiger partial charge in [0.2, 0.25) is 0 Å². The van der Waals surface area contributed by atoms with Crippen molar-refractivity contribution in [3.05, 3.63) is 69.7 Å². The van der Waals surface area contributed by atoms with Crippen molar-refractivity contribution in [2.75, 3.05) is 13.6 Å². The maximum Gasteiger partial charge on any atom is 0.0438 e. The van der Waals surface area contributed by atoms with Crippen molar-refractivity contribution in [2.45, 2.75) is 26.7 Å². The quantitative estimate of drug-likeness (QED) is 0.823. The summed E-state index contributed by atoms with van der Waals surface area (Å²) in [5, 5.41) is 4.19. The van der Waals surface area contributed by atoms with E-state index in [1.807, 2.05) is 19.2 Å². The lowest BCUT2D eigenvalue weighted by Gasteiger charge is -2.19. The third kappa shape index (κ3) is 4.59. The fourth-order valence-corrected chi connectivity index (χ4v) is 3.02. The highest BCUT2D eigenvalue weighted by Gasteiger charge is 2.13. The molecule has 0 saturated carbocycles. The standard InChI is InChI=1S/C19H24ClN/c1-14-8-9-15(2)18(10-14)12-16(13-21-3)11-17-6-4-5-7-19(17)20/h4-10,16,21H,11-13H2,1-3H3. The van der Waals surface area contributed by atoms with Gasteiger partial charge in [-0.15, -0.1) is 0 Å². The Morgan fingerprint density at radius 1 is 1.00 bits per heavy atom. The van der Waals surface area contributed by atoms with Crippen molar-refractivity contribution in [1.82, 2.24) is 5.32 Å².